The summed E-state index contributed by atoms with van der Waals surface area (Å²) < 4.78 is 27.2. The first-order chi connectivity index (χ1) is 13.7. The molecule has 0 bridgehead atoms. The molecule has 1 heterocycles. The number of carbonyl (C=O) groups excluding carboxylic acids is 1. The predicted molar refractivity (Wildman–Crippen MR) is 101 cm³/mol. The zero-order valence-electron chi connectivity index (χ0n) is 14.8. The van der Waals surface area contributed by atoms with Crippen LogP contribution in [0.4, 0.5) is 14.5 Å². The molecular weight excluding hydrogens is 406 g/mol. The fraction of sp³-hybridized carbons (Fsp3) is 0.105. The van der Waals surface area contributed by atoms with Crippen molar-refractivity contribution in [2.24, 2.45) is 0 Å². The van der Waals surface area contributed by atoms with Gasteiger partial charge in [0.25, 0.3) is 12.3 Å². The van der Waals surface area contributed by atoms with Gasteiger partial charge < -0.3 is 15.1 Å². The van der Waals surface area contributed by atoms with Crippen LogP contribution in [0.1, 0.15) is 28.0 Å². The summed E-state index contributed by atoms with van der Waals surface area (Å²) in [6, 6.07) is 11.4. The van der Waals surface area contributed by atoms with Crippen LogP contribution in [0.3, 0.4) is 0 Å². The fourth-order valence-corrected chi connectivity index (χ4v) is 2.92. The molecule has 0 aliphatic rings. The minimum Gasteiger partial charge on any atom is -0.504 e. The average Bonchev–Trinajstić information content (AvgIpc) is 3.05. The van der Waals surface area contributed by atoms with E-state index in [-0.39, 0.29) is 27.9 Å². The Morgan fingerprint density at radius 1 is 1.24 bits per heavy atom. The van der Waals surface area contributed by atoms with E-state index in [1.54, 1.807) is 6.07 Å². The number of anilines is 1. The lowest BCUT2D eigenvalue weighted by atomic mass is 10.1. The first kappa shape index (κ1) is 20.1. The molecule has 2 N–H and O–H groups in total. The lowest BCUT2D eigenvalue weighted by Crippen LogP contribution is -2.26. The molecule has 3 aromatic rings. The van der Waals surface area contributed by atoms with Gasteiger partial charge in [-0.2, -0.15) is 10.4 Å². The van der Waals surface area contributed by atoms with Gasteiger partial charge >= 0.3 is 0 Å². The Morgan fingerprint density at radius 3 is 2.55 bits per heavy atom. The Hall–Kier alpha value is -3.64. The van der Waals surface area contributed by atoms with Crippen molar-refractivity contribution in [3.63, 3.8) is 0 Å². The third-order valence-corrected chi connectivity index (χ3v) is 4.51. The second-order valence-corrected chi connectivity index (χ2v) is 6.32. The van der Waals surface area contributed by atoms with Gasteiger partial charge in [-0.1, -0.05) is 17.7 Å². The number of amides is 1. The highest BCUT2D eigenvalue weighted by Gasteiger charge is 2.24. The highest BCUT2D eigenvalue weighted by molar-refractivity contribution is 6.31. The standard InChI is InChI=1S/C19H13ClF2N4O3/c1-25(11-5-6-14(27)15(28)8-11)19(29)10-3-2-4-12(7-10)26-17(20)13(9-23)16(24-26)18(21)22/h2-8,18,27-28H,1H3. The minimum absolute atomic E-state index is 0.182. The van der Waals surface area contributed by atoms with Crippen molar-refractivity contribution in [3.05, 3.63) is 64.4 Å². The number of alkyl halides is 2. The SMILES string of the molecule is CN(C(=O)c1cccc(-n2nc(C(F)F)c(C#N)c2Cl)c1)c1ccc(O)c(O)c1. The molecule has 29 heavy (non-hydrogen) atoms. The average molecular weight is 419 g/mol. The monoisotopic (exact) mass is 418 g/mol. The predicted octanol–water partition coefficient (Wildman–Crippen LogP) is 4.02. The van der Waals surface area contributed by atoms with Crippen LogP contribution >= 0.6 is 11.6 Å². The van der Waals surface area contributed by atoms with E-state index in [4.69, 9.17) is 16.9 Å². The van der Waals surface area contributed by atoms with Crippen molar-refractivity contribution in [2.45, 2.75) is 6.43 Å². The van der Waals surface area contributed by atoms with Crippen LogP contribution in [-0.2, 0) is 0 Å². The molecule has 0 aliphatic carbocycles. The number of hydrogen-bond acceptors (Lipinski definition) is 5. The molecule has 148 valence electrons. The smallest absolute Gasteiger partial charge is 0.283 e. The summed E-state index contributed by atoms with van der Waals surface area (Å²) in [6.07, 6.45) is -2.98. The molecule has 3 rings (SSSR count). The molecule has 1 amide bonds. The first-order valence-electron chi connectivity index (χ1n) is 8.11. The van der Waals surface area contributed by atoms with E-state index in [9.17, 15) is 23.8 Å². The number of phenols is 2. The fourth-order valence-electron chi connectivity index (χ4n) is 2.64. The van der Waals surface area contributed by atoms with E-state index < -0.39 is 23.6 Å². The second kappa shape index (κ2) is 7.77. The second-order valence-electron chi connectivity index (χ2n) is 5.96. The Labute approximate surface area is 168 Å². The zero-order chi connectivity index (χ0) is 21.3. The van der Waals surface area contributed by atoms with Crippen molar-refractivity contribution in [1.29, 1.82) is 5.26 Å². The highest BCUT2D eigenvalue weighted by atomic mass is 35.5. The van der Waals surface area contributed by atoms with Crippen molar-refractivity contribution in [3.8, 4) is 23.3 Å². The van der Waals surface area contributed by atoms with Crippen LogP contribution in [0.2, 0.25) is 5.15 Å². The summed E-state index contributed by atoms with van der Waals surface area (Å²) in [7, 11) is 1.46. The normalized spacial score (nSPS) is 10.8. The Morgan fingerprint density at radius 2 is 1.97 bits per heavy atom. The van der Waals surface area contributed by atoms with Gasteiger partial charge in [-0.15, -0.1) is 0 Å². The van der Waals surface area contributed by atoms with Gasteiger partial charge in [-0.3, -0.25) is 4.79 Å². The lowest BCUT2D eigenvalue weighted by Gasteiger charge is -2.18. The summed E-state index contributed by atoms with van der Waals surface area (Å²) in [4.78, 5) is 14.0. The molecule has 0 fully saturated rings. The number of halogens is 3. The van der Waals surface area contributed by atoms with Gasteiger partial charge in [0, 0.05) is 24.4 Å². The van der Waals surface area contributed by atoms with Crippen molar-refractivity contribution in [2.75, 3.05) is 11.9 Å². The van der Waals surface area contributed by atoms with E-state index in [0.29, 0.717) is 5.69 Å². The van der Waals surface area contributed by atoms with E-state index >= 15 is 0 Å². The van der Waals surface area contributed by atoms with Crippen LogP contribution in [0.25, 0.3) is 5.69 Å². The van der Waals surface area contributed by atoms with Gasteiger partial charge in [0.2, 0.25) is 0 Å². The number of phenolic OH excluding ortho intramolecular Hbond substituents is 2. The maximum Gasteiger partial charge on any atom is 0.283 e. The topological polar surface area (TPSA) is 102 Å². The van der Waals surface area contributed by atoms with Crippen LogP contribution in [0, 0.1) is 11.3 Å². The van der Waals surface area contributed by atoms with Gasteiger partial charge in [-0.25, -0.2) is 13.5 Å². The van der Waals surface area contributed by atoms with Gasteiger partial charge in [-0.05, 0) is 30.3 Å². The third-order valence-electron chi connectivity index (χ3n) is 4.16. The van der Waals surface area contributed by atoms with E-state index in [1.165, 1.54) is 54.4 Å². The summed E-state index contributed by atoms with van der Waals surface area (Å²) in [5.74, 6) is -1.19. The van der Waals surface area contributed by atoms with E-state index in [1.807, 2.05) is 0 Å². The molecule has 10 heteroatoms. The van der Waals surface area contributed by atoms with Gasteiger partial charge in [0.15, 0.2) is 16.7 Å². The molecule has 0 saturated carbocycles. The van der Waals surface area contributed by atoms with Gasteiger partial charge in [0.05, 0.1) is 5.69 Å². The molecule has 0 atom stereocenters. The number of benzene rings is 2. The Balaban J connectivity index is 1.99. The van der Waals surface area contributed by atoms with Crippen molar-refractivity contribution < 1.29 is 23.8 Å². The number of nitriles is 1. The van der Waals surface area contributed by atoms with Crippen molar-refractivity contribution in [1.82, 2.24) is 9.78 Å². The van der Waals surface area contributed by atoms with Gasteiger partial charge in [0.1, 0.15) is 17.3 Å². The number of hydrogen-bond donors (Lipinski definition) is 2. The minimum atomic E-state index is -2.98. The number of rotatable bonds is 4. The molecular formula is C19H13ClF2N4O3. The van der Waals surface area contributed by atoms with Crippen LogP contribution in [-0.4, -0.2) is 32.9 Å². The summed E-state index contributed by atoms with van der Waals surface area (Å²) >= 11 is 6.03. The van der Waals surface area contributed by atoms with E-state index in [0.717, 1.165) is 4.68 Å². The number of carbonyl (C=O) groups is 1. The quantitative estimate of drug-likeness (QED) is 0.623. The van der Waals surface area contributed by atoms with E-state index in [2.05, 4.69) is 5.10 Å². The molecule has 0 radical (unpaired) electrons. The molecule has 0 aliphatic heterocycles. The van der Waals surface area contributed by atoms with Crippen LogP contribution < -0.4 is 4.90 Å². The molecule has 1 aromatic heterocycles. The molecule has 0 unspecified atom stereocenters. The molecule has 2 aromatic carbocycles. The third kappa shape index (κ3) is 3.70. The summed E-state index contributed by atoms with van der Waals surface area (Å²) in [5, 5.41) is 31.5. The Bertz CT molecular complexity index is 1140. The van der Waals surface area contributed by atoms with Crippen molar-refractivity contribution >= 4 is 23.2 Å². The van der Waals surface area contributed by atoms with Crippen LogP contribution in [0.5, 0.6) is 11.5 Å². The number of aromatic nitrogens is 2. The summed E-state index contributed by atoms with van der Waals surface area (Å²) in [5.41, 5.74) is -0.465. The van der Waals surface area contributed by atoms with Crippen LogP contribution in [0.15, 0.2) is 42.5 Å². The maximum atomic E-state index is 13.1. The Kier molecular flexibility index (Phi) is 5.39. The zero-order valence-corrected chi connectivity index (χ0v) is 15.6. The highest BCUT2D eigenvalue weighted by Crippen LogP contribution is 2.31. The number of aromatic hydroxyl groups is 2. The number of nitrogens with zero attached hydrogens (tertiary/aromatic N) is 4. The largest absolute Gasteiger partial charge is 0.504 e. The molecule has 7 nitrogen and oxygen atoms in total. The maximum absolute atomic E-state index is 13.1. The lowest BCUT2D eigenvalue weighted by molar-refractivity contribution is 0.0993. The first-order valence-corrected chi connectivity index (χ1v) is 8.49. The molecule has 0 saturated heterocycles. The summed E-state index contributed by atoms with van der Waals surface area (Å²) in [6.45, 7) is 0. The molecule has 0 spiro atoms.